The molecule has 2 atom stereocenters. The second kappa shape index (κ2) is 7.02. The van der Waals surface area contributed by atoms with E-state index in [1.807, 2.05) is 30.3 Å². The molecule has 0 radical (unpaired) electrons. The van der Waals surface area contributed by atoms with Crippen molar-refractivity contribution >= 4 is 10.0 Å². The highest BCUT2D eigenvalue weighted by Gasteiger charge is 2.43. The van der Waals surface area contributed by atoms with Crippen molar-refractivity contribution < 1.29 is 21.6 Å². The van der Waals surface area contributed by atoms with Crippen LogP contribution in [0.2, 0.25) is 0 Å². The molecule has 0 unspecified atom stereocenters. The Morgan fingerprint density at radius 2 is 1.62 bits per heavy atom. The molecule has 0 bridgehead atoms. The van der Waals surface area contributed by atoms with Crippen molar-refractivity contribution in [1.29, 1.82) is 0 Å². The lowest BCUT2D eigenvalue weighted by Crippen LogP contribution is -2.31. The van der Waals surface area contributed by atoms with E-state index < -0.39 is 26.7 Å². The fraction of sp³-hybridized carbons (Fsp3) is 0.333. The van der Waals surface area contributed by atoms with Gasteiger partial charge >= 0.3 is 6.18 Å². The molecule has 0 saturated carbocycles. The number of halogens is 3. The molecule has 2 N–H and O–H groups in total. The molecule has 1 saturated heterocycles. The first-order valence-electron chi connectivity index (χ1n) is 8.16. The fourth-order valence-electron chi connectivity index (χ4n) is 3.41. The standard InChI is InChI=1S/C18H19F3N2O2S/c19-18(20,21)16-8-4-5-9-17(16)26(24,25)23-11-14(10-22)15(12-23)13-6-2-1-3-7-13/h1-9,14-15H,10-12,22H2/t14-,15+/m1/s1. The molecule has 2 aromatic carbocycles. The summed E-state index contributed by atoms with van der Waals surface area (Å²) in [7, 11) is -4.28. The molecular formula is C18H19F3N2O2S. The van der Waals surface area contributed by atoms with E-state index in [-0.39, 0.29) is 31.5 Å². The number of hydrogen-bond acceptors (Lipinski definition) is 3. The largest absolute Gasteiger partial charge is 0.417 e. The van der Waals surface area contributed by atoms with Gasteiger partial charge in [-0.15, -0.1) is 0 Å². The SMILES string of the molecule is NC[C@@H]1CN(S(=O)(=O)c2ccccc2C(F)(F)F)C[C@H]1c1ccccc1. The quantitative estimate of drug-likeness (QED) is 0.881. The summed E-state index contributed by atoms with van der Waals surface area (Å²) in [5.41, 5.74) is 5.59. The van der Waals surface area contributed by atoms with Gasteiger partial charge in [-0.3, -0.25) is 0 Å². The topological polar surface area (TPSA) is 63.4 Å². The summed E-state index contributed by atoms with van der Waals surface area (Å²) in [5, 5.41) is 0. The van der Waals surface area contributed by atoms with Crippen LogP contribution in [-0.4, -0.2) is 32.4 Å². The van der Waals surface area contributed by atoms with Gasteiger partial charge in [-0.25, -0.2) is 8.42 Å². The number of hydrogen-bond donors (Lipinski definition) is 1. The van der Waals surface area contributed by atoms with E-state index in [0.29, 0.717) is 0 Å². The third-order valence-electron chi connectivity index (χ3n) is 4.75. The summed E-state index contributed by atoms with van der Waals surface area (Å²) in [4.78, 5) is -0.711. The van der Waals surface area contributed by atoms with E-state index in [0.717, 1.165) is 22.0 Å². The zero-order valence-corrected chi connectivity index (χ0v) is 14.7. The van der Waals surface area contributed by atoms with Crippen LogP contribution in [0.3, 0.4) is 0 Å². The minimum absolute atomic E-state index is 0.102. The Kier molecular flexibility index (Phi) is 5.09. The average Bonchev–Trinajstić information content (AvgIpc) is 3.07. The predicted octanol–water partition coefficient (Wildman–Crippen LogP) is 3.07. The molecule has 2 aromatic rings. The molecule has 140 valence electrons. The van der Waals surface area contributed by atoms with Crippen molar-refractivity contribution in [1.82, 2.24) is 4.31 Å². The van der Waals surface area contributed by atoms with Gasteiger partial charge in [-0.2, -0.15) is 17.5 Å². The fourth-order valence-corrected chi connectivity index (χ4v) is 5.14. The van der Waals surface area contributed by atoms with Gasteiger partial charge in [0.2, 0.25) is 10.0 Å². The molecule has 3 rings (SSSR count). The Morgan fingerprint density at radius 1 is 1.00 bits per heavy atom. The zero-order valence-electron chi connectivity index (χ0n) is 13.9. The molecule has 4 nitrogen and oxygen atoms in total. The molecule has 1 fully saturated rings. The normalized spacial score (nSPS) is 21.8. The summed E-state index contributed by atoms with van der Waals surface area (Å²) in [6.07, 6.45) is -4.74. The molecule has 0 spiro atoms. The van der Waals surface area contributed by atoms with E-state index >= 15 is 0 Å². The molecule has 0 aliphatic carbocycles. The first-order chi connectivity index (χ1) is 12.2. The summed E-state index contributed by atoms with van der Waals surface area (Å²) in [6.45, 7) is 0.470. The van der Waals surface area contributed by atoms with Crippen molar-refractivity contribution in [3.05, 3.63) is 65.7 Å². The minimum Gasteiger partial charge on any atom is -0.330 e. The predicted molar refractivity (Wildman–Crippen MR) is 91.9 cm³/mol. The van der Waals surface area contributed by atoms with Crippen LogP contribution in [0.1, 0.15) is 17.0 Å². The van der Waals surface area contributed by atoms with Crippen LogP contribution in [0.25, 0.3) is 0 Å². The summed E-state index contributed by atoms with van der Waals surface area (Å²) >= 11 is 0. The van der Waals surface area contributed by atoms with Crippen LogP contribution in [0.5, 0.6) is 0 Å². The van der Waals surface area contributed by atoms with Crippen molar-refractivity contribution in [2.24, 2.45) is 11.7 Å². The second-order valence-corrected chi connectivity index (χ2v) is 8.24. The molecule has 1 aliphatic rings. The second-order valence-electron chi connectivity index (χ2n) is 6.33. The Balaban J connectivity index is 1.97. The van der Waals surface area contributed by atoms with Crippen LogP contribution in [-0.2, 0) is 16.2 Å². The maximum atomic E-state index is 13.2. The van der Waals surface area contributed by atoms with Crippen LogP contribution in [0, 0.1) is 5.92 Å². The number of rotatable bonds is 4. The Hall–Kier alpha value is -1.90. The maximum Gasteiger partial charge on any atom is 0.417 e. The van der Waals surface area contributed by atoms with Crippen molar-refractivity contribution in [3.8, 4) is 0 Å². The van der Waals surface area contributed by atoms with Crippen LogP contribution in [0.4, 0.5) is 13.2 Å². The molecule has 8 heteroatoms. The molecule has 0 aromatic heterocycles. The molecular weight excluding hydrogens is 365 g/mol. The van der Waals surface area contributed by atoms with E-state index in [2.05, 4.69) is 0 Å². The first kappa shape index (κ1) is 18.9. The number of nitrogens with two attached hydrogens (primary N) is 1. The molecule has 26 heavy (non-hydrogen) atoms. The van der Waals surface area contributed by atoms with Gasteiger partial charge in [0, 0.05) is 19.0 Å². The van der Waals surface area contributed by atoms with E-state index in [1.165, 1.54) is 12.1 Å². The first-order valence-corrected chi connectivity index (χ1v) is 9.60. The van der Waals surface area contributed by atoms with Gasteiger partial charge in [-0.05, 0) is 30.2 Å². The third kappa shape index (κ3) is 3.49. The highest BCUT2D eigenvalue weighted by Crippen LogP contribution is 2.39. The van der Waals surface area contributed by atoms with Crippen molar-refractivity contribution in [2.45, 2.75) is 17.0 Å². The average molecular weight is 384 g/mol. The maximum absolute atomic E-state index is 13.2. The van der Waals surface area contributed by atoms with E-state index in [9.17, 15) is 21.6 Å². The molecule has 0 amide bonds. The van der Waals surface area contributed by atoms with E-state index in [4.69, 9.17) is 5.73 Å². The molecule has 1 heterocycles. The Labute approximate surface area is 150 Å². The summed E-state index contributed by atoms with van der Waals surface area (Å²) in [5.74, 6) is -0.292. The van der Waals surface area contributed by atoms with Crippen LogP contribution in [0.15, 0.2) is 59.5 Å². The van der Waals surface area contributed by atoms with Crippen LogP contribution < -0.4 is 5.73 Å². The number of benzene rings is 2. The van der Waals surface area contributed by atoms with Gasteiger partial charge < -0.3 is 5.73 Å². The minimum atomic E-state index is -4.74. The zero-order chi connectivity index (χ0) is 18.9. The third-order valence-corrected chi connectivity index (χ3v) is 6.64. The van der Waals surface area contributed by atoms with Gasteiger partial charge in [0.1, 0.15) is 0 Å². The highest BCUT2D eigenvalue weighted by molar-refractivity contribution is 7.89. The number of alkyl halides is 3. The van der Waals surface area contributed by atoms with Gasteiger partial charge in [0.05, 0.1) is 10.5 Å². The van der Waals surface area contributed by atoms with Gasteiger partial charge in [-0.1, -0.05) is 42.5 Å². The number of sulfonamides is 1. The smallest absolute Gasteiger partial charge is 0.330 e. The summed E-state index contributed by atoms with van der Waals surface area (Å²) in [6, 6.07) is 13.6. The lowest BCUT2D eigenvalue weighted by molar-refractivity contribution is -0.139. The Morgan fingerprint density at radius 3 is 2.23 bits per heavy atom. The van der Waals surface area contributed by atoms with Gasteiger partial charge in [0.25, 0.3) is 0 Å². The molecule has 1 aliphatic heterocycles. The lowest BCUT2D eigenvalue weighted by atomic mass is 9.89. The monoisotopic (exact) mass is 384 g/mol. The van der Waals surface area contributed by atoms with E-state index in [1.54, 1.807) is 0 Å². The van der Waals surface area contributed by atoms with Crippen molar-refractivity contribution in [2.75, 3.05) is 19.6 Å². The Bertz CT molecular complexity index is 870. The van der Waals surface area contributed by atoms with Gasteiger partial charge in [0.15, 0.2) is 0 Å². The highest BCUT2D eigenvalue weighted by atomic mass is 32.2. The number of nitrogens with zero attached hydrogens (tertiary/aromatic N) is 1. The van der Waals surface area contributed by atoms with Crippen molar-refractivity contribution in [3.63, 3.8) is 0 Å². The summed E-state index contributed by atoms with van der Waals surface area (Å²) < 4.78 is 66.7. The lowest BCUT2D eigenvalue weighted by Gasteiger charge is -2.20. The van der Waals surface area contributed by atoms with Crippen LogP contribution >= 0.6 is 0 Å².